The van der Waals surface area contributed by atoms with Crippen molar-refractivity contribution in [1.29, 1.82) is 5.26 Å². The maximum atomic E-state index is 13.0. The molecule has 0 aromatic carbocycles. The summed E-state index contributed by atoms with van der Waals surface area (Å²) in [4.78, 5) is 18.3. The second kappa shape index (κ2) is 10.1. The predicted molar refractivity (Wildman–Crippen MR) is 128 cm³/mol. The highest BCUT2D eigenvalue weighted by Gasteiger charge is 2.24. The number of hydrogen-bond acceptors (Lipinski definition) is 7. The van der Waals surface area contributed by atoms with Gasteiger partial charge in [-0.15, -0.1) is 28.1 Å². The molecule has 0 saturated carbocycles. The molecule has 164 valence electrons. The third-order valence-corrected chi connectivity index (χ3v) is 7.68. The summed E-state index contributed by atoms with van der Waals surface area (Å²) in [6.45, 7) is 6.19. The Kier molecular flexibility index (Phi) is 7.02. The molecule has 1 N–H and O–H groups in total. The van der Waals surface area contributed by atoms with Crippen LogP contribution in [0.3, 0.4) is 0 Å². The molecule has 0 fully saturated rings. The van der Waals surface area contributed by atoms with Gasteiger partial charge in [-0.3, -0.25) is 14.3 Å². The van der Waals surface area contributed by atoms with Gasteiger partial charge in [-0.05, 0) is 50.3 Å². The Morgan fingerprint density at radius 1 is 1.34 bits per heavy atom. The summed E-state index contributed by atoms with van der Waals surface area (Å²) in [6.07, 6.45) is 10.5. The molecule has 0 aliphatic heterocycles. The maximum Gasteiger partial charge on any atom is 0.238 e. The zero-order chi connectivity index (χ0) is 22.5. The molecule has 0 radical (unpaired) electrons. The Hall–Kier alpha value is -2.96. The number of hydrogen-bond donors (Lipinski definition) is 1. The minimum atomic E-state index is -0.415. The third kappa shape index (κ3) is 4.61. The van der Waals surface area contributed by atoms with Gasteiger partial charge in [0.2, 0.25) is 5.91 Å². The van der Waals surface area contributed by atoms with Crippen molar-refractivity contribution in [3.05, 3.63) is 53.2 Å². The predicted octanol–water partition coefficient (Wildman–Crippen LogP) is 4.85. The van der Waals surface area contributed by atoms with Crippen molar-refractivity contribution in [3.63, 3.8) is 0 Å². The van der Waals surface area contributed by atoms with Gasteiger partial charge in [0.25, 0.3) is 0 Å². The maximum absolute atomic E-state index is 13.0. The number of nitrogens with zero attached hydrogens (tertiary/aromatic N) is 5. The quantitative estimate of drug-likeness (QED) is 0.305. The smallest absolute Gasteiger partial charge is 0.238 e. The summed E-state index contributed by atoms with van der Waals surface area (Å²) in [5.41, 5.74) is 2.66. The van der Waals surface area contributed by atoms with Gasteiger partial charge in [0, 0.05) is 29.4 Å². The van der Waals surface area contributed by atoms with Crippen molar-refractivity contribution in [2.75, 3.05) is 5.32 Å². The highest BCUT2D eigenvalue weighted by atomic mass is 32.2. The number of amides is 1. The molecule has 7 nitrogen and oxygen atoms in total. The summed E-state index contributed by atoms with van der Waals surface area (Å²) in [6, 6.07) is 6.07. The molecule has 1 amide bonds. The van der Waals surface area contributed by atoms with Crippen LogP contribution in [0.15, 0.2) is 42.3 Å². The summed E-state index contributed by atoms with van der Waals surface area (Å²) in [5, 5.41) is 22.2. The van der Waals surface area contributed by atoms with Crippen LogP contribution >= 0.6 is 23.1 Å². The number of aryl methyl sites for hydroxylation is 1. The molecule has 3 heterocycles. The lowest BCUT2D eigenvalue weighted by molar-refractivity contribution is -0.115. The first-order valence-corrected chi connectivity index (χ1v) is 12.3. The molecule has 3 aromatic rings. The van der Waals surface area contributed by atoms with Crippen LogP contribution in [0, 0.1) is 11.3 Å². The van der Waals surface area contributed by atoms with Gasteiger partial charge in [0.05, 0.1) is 10.8 Å². The van der Waals surface area contributed by atoms with E-state index >= 15 is 0 Å². The molecule has 0 saturated heterocycles. The molecule has 1 atom stereocenters. The molecule has 4 rings (SSSR count). The van der Waals surface area contributed by atoms with Crippen molar-refractivity contribution in [3.8, 4) is 17.5 Å². The molecule has 0 spiro atoms. The molecule has 1 unspecified atom stereocenters. The summed E-state index contributed by atoms with van der Waals surface area (Å²) >= 11 is 2.89. The highest BCUT2D eigenvalue weighted by molar-refractivity contribution is 8.00. The Morgan fingerprint density at radius 3 is 2.88 bits per heavy atom. The lowest BCUT2D eigenvalue weighted by Gasteiger charge is -2.12. The highest BCUT2D eigenvalue weighted by Crippen LogP contribution is 2.37. The van der Waals surface area contributed by atoms with Crippen LogP contribution in [0.2, 0.25) is 0 Å². The average molecular weight is 465 g/mol. The van der Waals surface area contributed by atoms with Crippen LogP contribution < -0.4 is 5.32 Å². The number of rotatable bonds is 7. The van der Waals surface area contributed by atoms with Gasteiger partial charge in [-0.1, -0.05) is 24.3 Å². The second-order valence-corrected chi connectivity index (χ2v) is 9.98. The van der Waals surface area contributed by atoms with Crippen LogP contribution in [0.4, 0.5) is 5.00 Å². The number of anilines is 1. The number of carbonyl (C=O) groups is 1. The van der Waals surface area contributed by atoms with E-state index < -0.39 is 5.25 Å². The fraction of sp³-hybridized carbons (Fsp3) is 0.348. The van der Waals surface area contributed by atoms with Crippen LogP contribution in [-0.2, 0) is 24.2 Å². The lowest BCUT2D eigenvalue weighted by Crippen LogP contribution is -2.23. The second-order valence-electron chi connectivity index (χ2n) is 7.57. The van der Waals surface area contributed by atoms with Gasteiger partial charge in [-0.2, -0.15) is 5.26 Å². The number of thioether (sulfide) groups is 1. The van der Waals surface area contributed by atoms with E-state index in [1.165, 1.54) is 23.1 Å². The first-order valence-electron chi connectivity index (χ1n) is 10.6. The van der Waals surface area contributed by atoms with Crippen LogP contribution in [0.25, 0.3) is 11.4 Å². The standard InChI is InChI=1S/C23H24N6OS2/c1-3-13-29-20(16-9-11-25-12-10-16)27-28-23(29)31-15(2)21(30)26-22-18(14-24)17-7-5-4-6-8-19(17)32-22/h3,9-12,15H,1,4-8,13H2,2H3,(H,26,30). The fourth-order valence-corrected chi connectivity index (χ4v) is 5.86. The van der Waals surface area contributed by atoms with Crippen molar-refractivity contribution >= 4 is 34.0 Å². The normalized spacial score (nSPS) is 14.1. The number of allylic oxidation sites excluding steroid dienone is 1. The van der Waals surface area contributed by atoms with Gasteiger partial charge in [-0.25, -0.2) is 0 Å². The number of pyridine rings is 1. The number of carbonyl (C=O) groups excluding carboxylic acids is 1. The Bertz CT molecular complexity index is 1160. The molecule has 1 aliphatic carbocycles. The summed E-state index contributed by atoms with van der Waals surface area (Å²) < 4.78 is 1.94. The Morgan fingerprint density at radius 2 is 2.12 bits per heavy atom. The van der Waals surface area contributed by atoms with Crippen LogP contribution in [0.1, 0.15) is 42.2 Å². The molecule has 1 aliphatic rings. The minimum Gasteiger partial charge on any atom is -0.316 e. The number of fused-ring (bicyclic) bond motifs is 1. The van der Waals surface area contributed by atoms with Gasteiger partial charge in [0.1, 0.15) is 11.1 Å². The van der Waals surface area contributed by atoms with E-state index in [-0.39, 0.29) is 5.91 Å². The molecule has 3 aromatic heterocycles. The van der Waals surface area contributed by atoms with Crippen LogP contribution in [-0.4, -0.2) is 30.9 Å². The number of thiophene rings is 1. The lowest BCUT2D eigenvalue weighted by atomic mass is 10.1. The topological polar surface area (TPSA) is 96.5 Å². The van der Waals surface area contributed by atoms with Gasteiger partial charge in [0.15, 0.2) is 11.0 Å². The van der Waals surface area contributed by atoms with Crippen molar-refractivity contribution in [1.82, 2.24) is 19.7 Å². The largest absolute Gasteiger partial charge is 0.316 e. The SMILES string of the molecule is C=CCn1c(SC(C)C(=O)Nc2sc3c(c2C#N)CCCCC3)nnc1-c1ccncc1. The minimum absolute atomic E-state index is 0.151. The molecular weight excluding hydrogens is 440 g/mol. The van der Waals surface area contributed by atoms with Crippen molar-refractivity contribution in [2.24, 2.45) is 0 Å². The zero-order valence-electron chi connectivity index (χ0n) is 17.9. The molecule has 32 heavy (non-hydrogen) atoms. The van der Waals surface area contributed by atoms with E-state index in [1.807, 2.05) is 23.6 Å². The van der Waals surface area contributed by atoms with E-state index in [1.54, 1.807) is 29.8 Å². The first kappa shape index (κ1) is 22.2. The van der Waals surface area contributed by atoms with Crippen molar-refractivity contribution < 1.29 is 4.79 Å². The average Bonchev–Trinajstić information content (AvgIpc) is 3.26. The van der Waals surface area contributed by atoms with E-state index in [9.17, 15) is 10.1 Å². The zero-order valence-corrected chi connectivity index (χ0v) is 19.5. The van der Waals surface area contributed by atoms with E-state index in [4.69, 9.17) is 0 Å². The van der Waals surface area contributed by atoms with Crippen molar-refractivity contribution in [2.45, 2.75) is 56.0 Å². The summed E-state index contributed by atoms with van der Waals surface area (Å²) in [5.74, 6) is 0.553. The number of aromatic nitrogens is 4. The van der Waals surface area contributed by atoms with E-state index in [2.05, 4.69) is 33.1 Å². The molecule has 9 heteroatoms. The first-order chi connectivity index (χ1) is 15.6. The monoisotopic (exact) mass is 464 g/mol. The van der Waals surface area contributed by atoms with E-state index in [0.29, 0.717) is 28.1 Å². The van der Waals surface area contributed by atoms with Gasteiger partial charge < -0.3 is 5.32 Å². The Balaban J connectivity index is 1.52. The van der Waals surface area contributed by atoms with Crippen LogP contribution in [0.5, 0.6) is 0 Å². The number of nitriles is 1. The molecular formula is C23H24N6OS2. The van der Waals surface area contributed by atoms with E-state index in [0.717, 1.165) is 36.8 Å². The summed E-state index contributed by atoms with van der Waals surface area (Å²) in [7, 11) is 0. The molecule has 0 bridgehead atoms. The van der Waals surface area contributed by atoms with Gasteiger partial charge >= 0.3 is 0 Å². The third-order valence-electron chi connectivity index (χ3n) is 5.39. The fourth-order valence-electron chi connectivity index (χ4n) is 3.76. The number of nitrogens with one attached hydrogen (secondary N) is 1. The Labute approximate surface area is 195 Å².